The second-order valence-electron chi connectivity index (χ2n) is 5.92. The maximum Gasteiger partial charge on any atom is 0.246 e. The number of furan rings is 1. The molecule has 0 radical (unpaired) electrons. The van der Waals surface area contributed by atoms with Crippen LogP contribution in [-0.4, -0.2) is 41.9 Å². The van der Waals surface area contributed by atoms with Crippen LogP contribution >= 0.6 is 22.6 Å². The van der Waals surface area contributed by atoms with Crippen LogP contribution in [0.15, 0.2) is 53.0 Å². The molecule has 4 nitrogen and oxygen atoms in total. The summed E-state index contributed by atoms with van der Waals surface area (Å²) in [5, 5.41) is 0. The number of benzene rings is 1. The molecule has 126 valence electrons. The molecule has 1 saturated heterocycles. The lowest BCUT2D eigenvalue weighted by Crippen LogP contribution is -2.34. The Labute approximate surface area is 156 Å². The van der Waals surface area contributed by atoms with Gasteiger partial charge in [0, 0.05) is 38.8 Å². The van der Waals surface area contributed by atoms with Gasteiger partial charge in [0.05, 0.1) is 0 Å². The van der Waals surface area contributed by atoms with Crippen LogP contribution in [0.3, 0.4) is 0 Å². The molecule has 0 aliphatic carbocycles. The van der Waals surface area contributed by atoms with Crippen molar-refractivity contribution in [3.05, 3.63) is 63.6 Å². The van der Waals surface area contributed by atoms with Crippen LogP contribution in [0.25, 0.3) is 6.08 Å². The van der Waals surface area contributed by atoms with Crippen LogP contribution < -0.4 is 0 Å². The van der Waals surface area contributed by atoms with Crippen molar-refractivity contribution in [2.45, 2.75) is 13.0 Å². The summed E-state index contributed by atoms with van der Waals surface area (Å²) in [6, 6.07) is 14.3. The highest BCUT2D eigenvalue weighted by Crippen LogP contribution is 2.13. The summed E-state index contributed by atoms with van der Waals surface area (Å²) < 4.78 is 6.28. The Kier molecular flexibility index (Phi) is 6.09. The predicted molar refractivity (Wildman–Crippen MR) is 103 cm³/mol. The number of amides is 1. The normalized spacial score (nSPS) is 16.5. The summed E-state index contributed by atoms with van der Waals surface area (Å²) in [6.07, 6.45) is 4.37. The molecule has 1 aliphatic rings. The molecule has 24 heavy (non-hydrogen) atoms. The van der Waals surface area contributed by atoms with E-state index in [4.69, 9.17) is 4.42 Å². The lowest BCUT2D eigenvalue weighted by molar-refractivity contribution is -0.125. The van der Waals surface area contributed by atoms with E-state index in [0.29, 0.717) is 5.76 Å². The van der Waals surface area contributed by atoms with E-state index in [1.165, 1.54) is 5.56 Å². The van der Waals surface area contributed by atoms with E-state index < -0.39 is 0 Å². The van der Waals surface area contributed by atoms with E-state index in [9.17, 15) is 4.79 Å². The highest BCUT2D eigenvalue weighted by molar-refractivity contribution is 14.1. The number of carbonyl (C=O) groups is 1. The Morgan fingerprint density at radius 1 is 1.08 bits per heavy atom. The van der Waals surface area contributed by atoms with Gasteiger partial charge in [-0.05, 0) is 52.8 Å². The minimum Gasteiger partial charge on any atom is -0.451 e. The van der Waals surface area contributed by atoms with Gasteiger partial charge in [-0.15, -0.1) is 0 Å². The summed E-state index contributed by atoms with van der Waals surface area (Å²) in [7, 11) is 0. The smallest absolute Gasteiger partial charge is 0.246 e. The van der Waals surface area contributed by atoms with Gasteiger partial charge in [0.1, 0.15) is 5.76 Å². The number of rotatable bonds is 4. The van der Waals surface area contributed by atoms with Crippen LogP contribution in [-0.2, 0) is 11.3 Å². The first-order valence-electron chi connectivity index (χ1n) is 8.19. The summed E-state index contributed by atoms with van der Waals surface area (Å²) in [4.78, 5) is 16.7. The molecule has 0 atom stereocenters. The third-order valence-corrected chi connectivity index (χ3v) is 4.71. The van der Waals surface area contributed by atoms with Crippen LogP contribution in [0.5, 0.6) is 0 Å². The summed E-state index contributed by atoms with van der Waals surface area (Å²) in [5.74, 6) is 0.774. The summed E-state index contributed by atoms with van der Waals surface area (Å²) in [6.45, 7) is 4.46. The minimum atomic E-state index is 0.0583. The molecule has 1 aromatic heterocycles. The van der Waals surface area contributed by atoms with Gasteiger partial charge in [0.15, 0.2) is 3.77 Å². The van der Waals surface area contributed by atoms with Gasteiger partial charge in [-0.2, -0.15) is 0 Å². The van der Waals surface area contributed by atoms with Crippen molar-refractivity contribution in [1.82, 2.24) is 9.80 Å². The Morgan fingerprint density at radius 3 is 2.67 bits per heavy atom. The standard InChI is InChI=1S/C19H21IN2O2/c20-18-9-7-17(24-18)8-10-19(23)22-12-4-11-21(13-14-22)15-16-5-2-1-3-6-16/h1-3,5-10H,4,11-15H2/b10-8+. The molecule has 2 heterocycles. The van der Waals surface area contributed by atoms with E-state index >= 15 is 0 Å². The molecule has 0 saturated carbocycles. The van der Waals surface area contributed by atoms with Crippen molar-refractivity contribution in [3.8, 4) is 0 Å². The van der Waals surface area contributed by atoms with E-state index in [-0.39, 0.29) is 5.91 Å². The number of carbonyl (C=O) groups excluding carboxylic acids is 1. The lowest BCUT2D eigenvalue weighted by atomic mass is 10.2. The van der Waals surface area contributed by atoms with Crippen molar-refractivity contribution < 1.29 is 9.21 Å². The molecule has 0 spiro atoms. The van der Waals surface area contributed by atoms with E-state index in [1.54, 1.807) is 12.2 Å². The molecule has 1 aliphatic heterocycles. The maximum absolute atomic E-state index is 12.4. The molecule has 0 N–H and O–H groups in total. The first-order valence-corrected chi connectivity index (χ1v) is 9.27. The Bertz CT molecular complexity index is 696. The topological polar surface area (TPSA) is 36.7 Å². The molecular weight excluding hydrogens is 415 g/mol. The molecule has 5 heteroatoms. The van der Waals surface area contributed by atoms with Crippen LogP contribution in [0.1, 0.15) is 17.7 Å². The lowest BCUT2D eigenvalue weighted by Gasteiger charge is -2.21. The average molecular weight is 436 g/mol. The Hall–Kier alpha value is -1.60. The molecule has 0 unspecified atom stereocenters. The zero-order chi connectivity index (χ0) is 16.8. The monoisotopic (exact) mass is 436 g/mol. The fourth-order valence-corrected chi connectivity index (χ4v) is 3.30. The van der Waals surface area contributed by atoms with Gasteiger partial charge in [-0.25, -0.2) is 0 Å². The molecular formula is C19H21IN2O2. The van der Waals surface area contributed by atoms with Crippen molar-refractivity contribution in [2.24, 2.45) is 0 Å². The van der Waals surface area contributed by atoms with Crippen LogP contribution in [0.2, 0.25) is 0 Å². The second-order valence-corrected chi connectivity index (χ2v) is 6.98. The van der Waals surface area contributed by atoms with E-state index in [2.05, 4.69) is 51.8 Å². The summed E-state index contributed by atoms with van der Waals surface area (Å²) >= 11 is 2.12. The molecule has 1 aromatic carbocycles. The zero-order valence-electron chi connectivity index (χ0n) is 13.5. The largest absolute Gasteiger partial charge is 0.451 e. The third-order valence-electron chi connectivity index (χ3n) is 4.13. The van der Waals surface area contributed by atoms with Gasteiger partial charge < -0.3 is 9.32 Å². The average Bonchev–Trinajstić information content (AvgIpc) is 2.87. The number of nitrogens with zero attached hydrogens (tertiary/aromatic N) is 2. The van der Waals surface area contributed by atoms with Crippen molar-refractivity contribution in [2.75, 3.05) is 26.2 Å². The number of halogens is 1. The van der Waals surface area contributed by atoms with Crippen molar-refractivity contribution >= 4 is 34.6 Å². The van der Waals surface area contributed by atoms with Crippen molar-refractivity contribution in [1.29, 1.82) is 0 Å². The zero-order valence-corrected chi connectivity index (χ0v) is 15.7. The quantitative estimate of drug-likeness (QED) is 0.543. The third kappa shape index (κ3) is 4.95. The predicted octanol–water partition coefficient (Wildman–Crippen LogP) is 3.63. The minimum absolute atomic E-state index is 0.0583. The van der Waals surface area contributed by atoms with Crippen LogP contribution in [0, 0.1) is 3.77 Å². The Morgan fingerprint density at radius 2 is 1.92 bits per heavy atom. The first kappa shape index (κ1) is 17.2. The van der Waals surface area contributed by atoms with Crippen molar-refractivity contribution in [3.63, 3.8) is 0 Å². The van der Waals surface area contributed by atoms with E-state index in [0.717, 1.165) is 42.9 Å². The first-order chi connectivity index (χ1) is 11.7. The van der Waals surface area contributed by atoms with Gasteiger partial charge in [-0.3, -0.25) is 9.69 Å². The molecule has 2 aromatic rings. The maximum atomic E-state index is 12.4. The van der Waals surface area contributed by atoms with Gasteiger partial charge in [0.2, 0.25) is 5.91 Å². The second kappa shape index (κ2) is 8.48. The highest BCUT2D eigenvalue weighted by atomic mass is 127. The Balaban J connectivity index is 1.53. The molecule has 3 rings (SSSR count). The van der Waals surface area contributed by atoms with Gasteiger partial charge >= 0.3 is 0 Å². The van der Waals surface area contributed by atoms with E-state index in [1.807, 2.05) is 23.1 Å². The van der Waals surface area contributed by atoms with Gasteiger partial charge in [0.25, 0.3) is 0 Å². The summed E-state index contributed by atoms with van der Waals surface area (Å²) in [5.41, 5.74) is 1.32. The SMILES string of the molecule is O=C(/C=C/c1ccc(I)o1)N1CCCN(Cc2ccccc2)CC1. The molecule has 1 fully saturated rings. The number of hydrogen-bond donors (Lipinski definition) is 0. The highest BCUT2D eigenvalue weighted by Gasteiger charge is 2.17. The van der Waals surface area contributed by atoms with Gasteiger partial charge in [-0.1, -0.05) is 30.3 Å². The fraction of sp³-hybridized carbons (Fsp3) is 0.316. The number of hydrogen-bond acceptors (Lipinski definition) is 3. The van der Waals surface area contributed by atoms with Crippen LogP contribution in [0.4, 0.5) is 0 Å². The molecule has 0 bridgehead atoms. The molecule has 1 amide bonds. The fourth-order valence-electron chi connectivity index (χ4n) is 2.87.